The fourth-order valence-corrected chi connectivity index (χ4v) is 2.85. The first-order valence-corrected chi connectivity index (χ1v) is 6.43. The van der Waals surface area contributed by atoms with E-state index in [0.717, 1.165) is 44.6 Å². The molecule has 0 unspecified atom stereocenters. The second kappa shape index (κ2) is 3.36. The van der Waals surface area contributed by atoms with Crippen molar-refractivity contribution in [3.63, 3.8) is 0 Å². The first kappa shape index (κ1) is 9.97. The number of nitrogens with zero attached hydrogens (tertiary/aromatic N) is 4. The molecule has 3 aromatic rings. The van der Waals surface area contributed by atoms with Crippen LogP contribution in [0.2, 0.25) is 0 Å². The quantitative estimate of drug-likeness (QED) is 0.427. The summed E-state index contributed by atoms with van der Waals surface area (Å²) in [5, 5.41) is 1.82. The molecule has 0 fully saturated rings. The van der Waals surface area contributed by atoms with E-state index in [1.807, 2.05) is 24.3 Å². The highest BCUT2D eigenvalue weighted by Crippen LogP contribution is 2.33. The molecule has 2 aliphatic heterocycles. The Labute approximate surface area is 114 Å². The van der Waals surface area contributed by atoms with Crippen LogP contribution in [0.4, 0.5) is 11.6 Å². The lowest BCUT2D eigenvalue weighted by atomic mass is 10.0. The van der Waals surface area contributed by atoms with E-state index in [1.54, 1.807) is 12.4 Å². The van der Waals surface area contributed by atoms with Gasteiger partial charge in [-0.2, -0.15) is 0 Å². The summed E-state index contributed by atoms with van der Waals surface area (Å²) in [7, 11) is 0. The van der Waals surface area contributed by atoms with Gasteiger partial charge in [0.25, 0.3) is 0 Å². The zero-order chi connectivity index (χ0) is 13.1. The largest absolute Gasteiger partial charge is 0.237 e. The Morgan fingerprint density at radius 2 is 1.05 bits per heavy atom. The number of fused-ring (bicyclic) bond motifs is 7. The maximum atomic E-state index is 4.64. The van der Waals surface area contributed by atoms with Crippen LogP contribution in [0.15, 0.2) is 58.8 Å². The van der Waals surface area contributed by atoms with Crippen LogP contribution in [0.5, 0.6) is 0 Å². The van der Waals surface area contributed by atoms with Crippen LogP contribution < -0.4 is 10.7 Å². The summed E-state index contributed by atoms with van der Waals surface area (Å²) in [6.45, 7) is 0. The molecule has 5 rings (SSSR count). The molecule has 0 aliphatic carbocycles. The van der Waals surface area contributed by atoms with Gasteiger partial charge in [0, 0.05) is 34.6 Å². The molecule has 0 saturated heterocycles. The van der Waals surface area contributed by atoms with Gasteiger partial charge < -0.3 is 0 Å². The lowest BCUT2D eigenvalue weighted by molar-refractivity contribution is 1.21. The highest BCUT2D eigenvalue weighted by atomic mass is 15.0. The Morgan fingerprint density at radius 1 is 0.550 bits per heavy atom. The maximum Gasteiger partial charge on any atom is 0.160 e. The first-order valence-electron chi connectivity index (χ1n) is 6.43. The van der Waals surface area contributed by atoms with Crippen molar-refractivity contribution in [3.05, 3.63) is 59.5 Å². The molecule has 0 spiro atoms. The summed E-state index contributed by atoms with van der Waals surface area (Å²) < 4.78 is 0. The van der Waals surface area contributed by atoms with Crippen molar-refractivity contribution < 1.29 is 0 Å². The predicted molar refractivity (Wildman–Crippen MR) is 74.5 cm³/mol. The number of rotatable bonds is 0. The molecule has 4 heterocycles. The molecular formula is C16H8N4. The Balaban J connectivity index is 1.93. The zero-order valence-electron chi connectivity index (χ0n) is 10.4. The van der Waals surface area contributed by atoms with Crippen LogP contribution in [-0.4, -0.2) is 9.97 Å². The van der Waals surface area contributed by atoms with E-state index in [1.165, 1.54) is 0 Å². The van der Waals surface area contributed by atoms with Crippen LogP contribution in [0.1, 0.15) is 0 Å². The van der Waals surface area contributed by atoms with Gasteiger partial charge in [-0.25, -0.2) is 20.0 Å². The van der Waals surface area contributed by atoms with E-state index in [-0.39, 0.29) is 0 Å². The van der Waals surface area contributed by atoms with Crippen molar-refractivity contribution in [2.45, 2.75) is 0 Å². The van der Waals surface area contributed by atoms with Crippen LogP contribution >= 0.6 is 0 Å². The van der Waals surface area contributed by atoms with Crippen LogP contribution in [-0.2, 0) is 0 Å². The Kier molecular flexibility index (Phi) is 1.68. The maximum absolute atomic E-state index is 4.64. The van der Waals surface area contributed by atoms with Crippen molar-refractivity contribution in [2.24, 2.45) is 9.98 Å². The number of hydrogen-bond acceptors (Lipinski definition) is 4. The van der Waals surface area contributed by atoms with Gasteiger partial charge in [0.05, 0.1) is 10.7 Å². The van der Waals surface area contributed by atoms with Gasteiger partial charge in [-0.1, -0.05) is 12.1 Å². The molecule has 4 heteroatoms. The van der Waals surface area contributed by atoms with Crippen LogP contribution in [0, 0.1) is 0 Å². The Morgan fingerprint density at radius 3 is 1.55 bits per heavy atom. The number of pyridine rings is 2. The normalized spacial score (nSPS) is 12.8. The van der Waals surface area contributed by atoms with E-state index in [2.05, 4.69) is 32.1 Å². The van der Waals surface area contributed by atoms with E-state index in [9.17, 15) is 0 Å². The molecule has 4 nitrogen and oxygen atoms in total. The van der Waals surface area contributed by atoms with Gasteiger partial charge in [-0.3, -0.25) is 0 Å². The van der Waals surface area contributed by atoms with Gasteiger partial charge in [-0.15, -0.1) is 0 Å². The molecule has 0 amide bonds. The molecule has 92 valence electrons. The minimum atomic E-state index is 0.773. The molecular weight excluding hydrogens is 248 g/mol. The predicted octanol–water partition coefficient (Wildman–Crippen LogP) is 2.34. The second-order valence-corrected chi connectivity index (χ2v) is 4.83. The van der Waals surface area contributed by atoms with Gasteiger partial charge in [0.15, 0.2) is 11.6 Å². The van der Waals surface area contributed by atoms with Gasteiger partial charge in [-0.05, 0) is 24.3 Å². The minimum Gasteiger partial charge on any atom is -0.237 e. The van der Waals surface area contributed by atoms with E-state index in [4.69, 9.17) is 0 Å². The standard InChI is InChI=1S/C16H8N4/c1-3-11-9-5-6-10-12-4-2-8-18-16(12)20-14(10)13(9)19-15(11)17-7-1/h1-8H. The summed E-state index contributed by atoms with van der Waals surface area (Å²) in [6, 6.07) is 12.2. The smallest absolute Gasteiger partial charge is 0.160 e. The highest BCUT2D eigenvalue weighted by molar-refractivity contribution is 5.82. The van der Waals surface area contributed by atoms with Crippen molar-refractivity contribution in [2.75, 3.05) is 0 Å². The van der Waals surface area contributed by atoms with E-state index in [0.29, 0.717) is 0 Å². The van der Waals surface area contributed by atoms with E-state index < -0.39 is 0 Å². The molecule has 0 radical (unpaired) electrons. The molecule has 2 aliphatic rings. The van der Waals surface area contributed by atoms with Gasteiger partial charge in [0.2, 0.25) is 0 Å². The Bertz CT molecular complexity index is 923. The number of benzene rings is 1. The SMILES string of the molecule is c1cnc2c(c1)-c1ccc3c(c1=N2)=Nc1ncccc1-3. The molecule has 0 atom stereocenters. The lowest BCUT2D eigenvalue weighted by Crippen LogP contribution is -2.25. The molecule has 0 bridgehead atoms. The van der Waals surface area contributed by atoms with Gasteiger partial charge >= 0.3 is 0 Å². The summed E-state index contributed by atoms with van der Waals surface area (Å²) in [5.41, 5.74) is 4.35. The fraction of sp³-hybridized carbons (Fsp3) is 0. The van der Waals surface area contributed by atoms with Crippen molar-refractivity contribution >= 4 is 11.6 Å². The first-order chi connectivity index (χ1) is 9.92. The molecule has 0 N–H and O–H groups in total. The van der Waals surface area contributed by atoms with Crippen LogP contribution in [0.25, 0.3) is 22.3 Å². The van der Waals surface area contributed by atoms with Crippen molar-refractivity contribution in [1.29, 1.82) is 0 Å². The lowest BCUT2D eigenvalue weighted by Gasteiger charge is -1.99. The van der Waals surface area contributed by atoms with E-state index >= 15 is 0 Å². The third-order valence-electron chi connectivity index (χ3n) is 3.74. The minimum absolute atomic E-state index is 0.773. The summed E-state index contributed by atoms with van der Waals surface area (Å²) >= 11 is 0. The average Bonchev–Trinajstić information content (AvgIpc) is 3.05. The monoisotopic (exact) mass is 256 g/mol. The molecule has 0 saturated carbocycles. The van der Waals surface area contributed by atoms with Crippen LogP contribution in [0.3, 0.4) is 0 Å². The second-order valence-electron chi connectivity index (χ2n) is 4.83. The summed E-state index contributed by atoms with van der Waals surface area (Å²) in [6.07, 6.45) is 3.53. The third-order valence-corrected chi connectivity index (χ3v) is 3.74. The zero-order valence-corrected chi connectivity index (χ0v) is 10.4. The molecule has 1 aromatic carbocycles. The molecule has 20 heavy (non-hydrogen) atoms. The van der Waals surface area contributed by atoms with Gasteiger partial charge in [0.1, 0.15) is 0 Å². The van der Waals surface area contributed by atoms with Crippen molar-refractivity contribution in [3.8, 4) is 22.3 Å². The highest BCUT2D eigenvalue weighted by Gasteiger charge is 2.21. The molecule has 2 aromatic heterocycles. The summed E-state index contributed by atoms with van der Waals surface area (Å²) in [4.78, 5) is 17.9. The topological polar surface area (TPSA) is 50.5 Å². The third kappa shape index (κ3) is 1.11. The van der Waals surface area contributed by atoms with Crippen molar-refractivity contribution in [1.82, 2.24) is 9.97 Å². The number of hydrogen-bond donors (Lipinski definition) is 0. The average molecular weight is 256 g/mol. The fourth-order valence-electron chi connectivity index (χ4n) is 2.85. The number of aromatic nitrogens is 2. The summed E-state index contributed by atoms with van der Waals surface area (Å²) in [5.74, 6) is 1.55. The Hall–Kier alpha value is -2.88.